The van der Waals surface area contributed by atoms with Crippen LogP contribution in [-0.4, -0.2) is 23.7 Å². The summed E-state index contributed by atoms with van der Waals surface area (Å²) < 4.78 is 5.10. The fourth-order valence-corrected chi connectivity index (χ4v) is 1.76. The van der Waals surface area contributed by atoms with Gasteiger partial charge in [0.05, 0.1) is 6.61 Å². The Kier molecular flexibility index (Phi) is 4.50. The van der Waals surface area contributed by atoms with Gasteiger partial charge in [-0.15, -0.1) is 0 Å². The summed E-state index contributed by atoms with van der Waals surface area (Å²) in [4.78, 5) is 7.97. The molecule has 0 amide bonds. The predicted molar refractivity (Wildman–Crippen MR) is 72.3 cm³/mol. The van der Waals surface area contributed by atoms with Crippen molar-refractivity contribution in [2.75, 3.05) is 19.0 Å². The van der Waals surface area contributed by atoms with Crippen LogP contribution in [0.25, 0.3) is 0 Å². The highest BCUT2D eigenvalue weighted by molar-refractivity contribution is 6.29. The molecule has 94 valence electrons. The summed E-state index contributed by atoms with van der Waals surface area (Å²) >= 11 is 5.82. The van der Waals surface area contributed by atoms with Crippen molar-refractivity contribution in [1.29, 1.82) is 0 Å². The minimum atomic E-state index is 0.418. The molecule has 2 aromatic rings. The minimum absolute atomic E-state index is 0.418. The number of para-hydroxylation sites is 1. The molecule has 0 spiro atoms. The molecule has 0 radical (unpaired) electrons. The van der Waals surface area contributed by atoms with Crippen molar-refractivity contribution < 1.29 is 4.74 Å². The molecular weight excluding hydrogens is 250 g/mol. The molecule has 1 N–H and O–H groups in total. The molecule has 1 aromatic carbocycles. The van der Waals surface area contributed by atoms with Crippen molar-refractivity contribution in [2.24, 2.45) is 0 Å². The van der Waals surface area contributed by atoms with Crippen molar-refractivity contribution in [1.82, 2.24) is 9.97 Å². The fraction of sp³-hybridized carbons (Fsp3) is 0.231. The van der Waals surface area contributed by atoms with Crippen LogP contribution >= 0.6 is 11.6 Å². The van der Waals surface area contributed by atoms with Crippen molar-refractivity contribution in [3.8, 4) is 0 Å². The third kappa shape index (κ3) is 3.42. The van der Waals surface area contributed by atoms with Crippen LogP contribution in [0.4, 0.5) is 11.5 Å². The topological polar surface area (TPSA) is 47.0 Å². The molecule has 0 saturated carbocycles. The number of halogens is 1. The van der Waals surface area contributed by atoms with E-state index in [0.29, 0.717) is 17.6 Å². The fourth-order valence-electron chi connectivity index (χ4n) is 1.61. The third-order valence-electron chi connectivity index (χ3n) is 2.49. The first-order valence-electron chi connectivity index (χ1n) is 5.61. The molecular formula is C13H14ClN3O. The molecule has 2 rings (SSSR count). The first-order valence-corrected chi connectivity index (χ1v) is 5.99. The number of anilines is 2. The number of rotatable bonds is 5. The molecule has 0 aliphatic rings. The summed E-state index contributed by atoms with van der Waals surface area (Å²) in [5, 5.41) is 3.65. The smallest absolute Gasteiger partial charge is 0.135 e. The number of hydrogen-bond donors (Lipinski definition) is 1. The number of nitrogens with one attached hydrogen (secondary N) is 1. The van der Waals surface area contributed by atoms with E-state index in [2.05, 4.69) is 21.4 Å². The van der Waals surface area contributed by atoms with Crippen molar-refractivity contribution in [3.05, 3.63) is 47.4 Å². The van der Waals surface area contributed by atoms with Gasteiger partial charge in [-0.3, -0.25) is 0 Å². The van der Waals surface area contributed by atoms with Gasteiger partial charge in [0.15, 0.2) is 0 Å². The van der Waals surface area contributed by atoms with E-state index in [0.717, 1.165) is 12.1 Å². The van der Waals surface area contributed by atoms with E-state index in [1.54, 1.807) is 13.2 Å². The van der Waals surface area contributed by atoms with Crippen LogP contribution < -0.4 is 5.32 Å². The zero-order chi connectivity index (χ0) is 12.8. The van der Waals surface area contributed by atoms with E-state index >= 15 is 0 Å². The second-order valence-corrected chi connectivity index (χ2v) is 4.14. The van der Waals surface area contributed by atoms with Gasteiger partial charge in [0.2, 0.25) is 0 Å². The number of hydrogen-bond acceptors (Lipinski definition) is 4. The summed E-state index contributed by atoms with van der Waals surface area (Å²) in [6.07, 6.45) is 2.28. The molecule has 18 heavy (non-hydrogen) atoms. The maximum atomic E-state index is 5.82. The van der Waals surface area contributed by atoms with Crippen LogP contribution in [0.1, 0.15) is 5.56 Å². The molecule has 0 bridgehead atoms. The molecule has 5 heteroatoms. The van der Waals surface area contributed by atoms with E-state index < -0.39 is 0 Å². The Morgan fingerprint density at radius 2 is 2.11 bits per heavy atom. The number of ether oxygens (including phenoxy) is 1. The number of aromatic nitrogens is 2. The maximum absolute atomic E-state index is 5.82. The molecule has 1 aromatic heterocycles. The van der Waals surface area contributed by atoms with Gasteiger partial charge in [-0.25, -0.2) is 9.97 Å². The quantitative estimate of drug-likeness (QED) is 0.843. The Bertz CT molecular complexity index is 519. The van der Waals surface area contributed by atoms with E-state index in [1.165, 1.54) is 11.9 Å². The standard InChI is InChI=1S/C13H14ClN3O/c1-18-7-6-10-4-2-3-5-11(10)17-13-8-12(14)15-9-16-13/h2-5,8-9H,6-7H2,1H3,(H,15,16,17). The average molecular weight is 264 g/mol. The van der Waals surface area contributed by atoms with E-state index in [-0.39, 0.29) is 0 Å². The zero-order valence-corrected chi connectivity index (χ0v) is 10.8. The second-order valence-electron chi connectivity index (χ2n) is 3.75. The molecule has 1 heterocycles. The lowest BCUT2D eigenvalue weighted by molar-refractivity contribution is 0.202. The SMILES string of the molecule is COCCc1ccccc1Nc1cc(Cl)ncn1. The average Bonchev–Trinajstić information content (AvgIpc) is 2.38. The lowest BCUT2D eigenvalue weighted by Crippen LogP contribution is -2.01. The Morgan fingerprint density at radius 3 is 2.89 bits per heavy atom. The Balaban J connectivity index is 2.17. The second kappa shape index (κ2) is 6.33. The summed E-state index contributed by atoms with van der Waals surface area (Å²) in [6, 6.07) is 9.73. The van der Waals surface area contributed by atoms with Gasteiger partial charge in [0.25, 0.3) is 0 Å². The molecule has 0 unspecified atom stereocenters. The van der Waals surface area contributed by atoms with Gasteiger partial charge in [0.1, 0.15) is 17.3 Å². The highest BCUT2D eigenvalue weighted by Crippen LogP contribution is 2.20. The van der Waals surface area contributed by atoms with E-state index in [1.807, 2.05) is 18.2 Å². The number of benzene rings is 1. The number of nitrogens with zero attached hydrogens (tertiary/aromatic N) is 2. The van der Waals surface area contributed by atoms with Crippen LogP contribution in [0.2, 0.25) is 5.15 Å². The first-order chi connectivity index (χ1) is 8.79. The van der Waals surface area contributed by atoms with Gasteiger partial charge in [-0.05, 0) is 18.1 Å². The van der Waals surface area contributed by atoms with Crippen LogP contribution in [0, 0.1) is 0 Å². The monoisotopic (exact) mass is 263 g/mol. The summed E-state index contributed by atoms with van der Waals surface area (Å²) in [6.45, 7) is 0.684. The highest BCUT2D eigenvalue weighted by Gasteiger charge is 2.03. The minimum Gasteiger partial charge on any atom is -0.384 e. The first kappa shape index (κ1) is 12.8. The van der Waals surface area contributed by atoms with Crippen molar-refractivity contribution in [2.45, 2.75) is 6.42 Å². The van der Waals surface area contributed by atoms with Gasteiger partial charge in [0, 0.05) is 18.9 Å². The van der Waals surface area contributed by atoms with E-state index in [4.69, 9.17) is 16.3 Å². The van der Waals surface area contributed by atoms with Gasteiger partial charge >= 0.3 is 0 Å². The van der Waals surface area contributed by atoms with Crippen LogP contribution in [0.5, 0.6) is 0 Å². The van der Waals surface area contributed by atoms with Crippen LogP contribution in [-0.2, 0) is 11.2 Å². The third-order valence-corrected chi connectivity index (χ3v) is 2.70. The normalized spacial score (nSPS) is 10.3. The van der Waals surface area contributed by atoms with Crippen LogP contribution in [0.15, 0.2) is 36.7 Å². The predicted octanol–water partition coefficient (Wildman–Crippen LogP) is 3.06. The molecule has 0 aliphatic heterocycles. The summed E-state index contributed by atoms with van der Waals surface area (Å²) in [7, 11) is 1.69. The lowest BCUT2D eigenvalue weighted by atomic mass is 10.1. The lowest BCUT2D eigenvalue weighted by Gasteiger charge is -2.11. The van der Waals surface area contributed by atoms with Crippen molar-refractivity contribution >= 4 is 23.1 Å². The molecule has 0 fully saturated rings. The molecule has 4 nitrogen and oxygen atoms in total. The van der Waals surface area contributed by atoms with Gasteiger partial charge in [-0.2, -0.15) is 0 Å². The number of methoxy groups -OCH3 is 1. The Hall–Kier alpha value is -1.65. The molecule has 0 aliphatic carbocycles. The summed E-state index contributed by atoms with van der Waals surface area (Å²) in [5.74, 6) is 0.680. The Labute approximate surface area is 111 Å². The summed E-state index contributed by atoms with van der Waals surface area (Å²) in [5.41, 5.74) is 2.18. The highest BCUT2D eigenvalue weighted by atomic mass is 35.5. The van der Waals surface area contributed by atoms with Crippen molar-refractivity contribution in [3.63, 3.8) is 0 Å². The largest absolute Gasteiger partial charge is 0.384 e. The zero-order valence-electron chi connectivity index (χ0n) is 10.1. The van der Waals surface area contributed by atoms with E-state index in [9.17, 15) is 0 Å². The van der Waals surface area contributed by atoms with Gasteiger partial charge in [-0.1, -0.05) is 29.8 Å². The Morgan fingerprint density at radius 1 is 1.28 bits per heavy atom. The van der Waals surface area contributed by atoms with Crippen LogP contribution in [0.3, 0.4) is 0 Å². The molecule has 0 saturated heterocycles. The molecule has 0 atom stereocenters. The maximum Gasteiger partial charge on any atom is 0.135 e. The van der Waals surface area contributed by atoms with Gasteiger partial charge < -0.3 is 10.1 Å².